The fourth-order valence-corrected chi connectivity index (χ4v) is 3.77. The molecule has 0 bridgehead atoms. The number of carbonyl (C=O) groups excluding carboxylic acids is 1. The lowest BCUT2D eigenvalue weighted by molar-refractivity contribution is -0.143. The van der Waals surface area contributed by atoms with Crippen molar-refractivity contribution in [3.05, 3.63) is 53.6 Å². The summed E-state index contributed by atoms with van der Waals surface area (Å²) in [6, 6.07) is 0.136. The Balaban J connectivity index is 1.80. The van der Waals surface area contributed by atoms with Gasteiger partial charge >= 0.3 is 12.4 Å². The Kier molecular flexibility index (Phi) is 7.97. The molecular weight excluding hydrogens is 466 g/mol. The van der Waals surface area contributed by atoms with Gasteiger partial charge in [-0.05, 0) is 31.2 Å². The second-order valence-electron chi connectivity index (χ2n) is 7.86. The van der Waals surface area contributed by atoms with Crippen LogP contribution in [0.3, 0.4) is 0 Å². The van der Waals surface area contributed by atoms with E-state index in [4.69, 9.17) is 0 Å². The third-order valence-corrected chi connectivity index (χ3v) is 5.37. The molecule has 3 rings (SSSR count). The second kappa shape index (κ2) is 10.6. The van der Waals surface area contributed by atoms with E-state index in [0.717, 1.165) is 13.0 Å². The van der Waals surface area contributed by atoms with Crippen LogP contribution < -0.4 is 10.9 Å². The van der Waals surface area contributed by atoms with Gasteiger partial charge < -0.3 is 4.90 Å². The van der Waals surface area contributed by atoms with Gasteiger partial charge in [-0.1, -0.05) is 6.92 Å². The van der Waals surface area contributed by atoms with E-state index in [1.165, 1.54) is 18.7 Å². The summed E-state index contributed by atoms with van der Waals surface area (Å²) in [6.07, 6.45) is -4.83. The van der Waals surface area contributed by atoms with Crippen molar-refractivity contribution in [2.75, 3.05) is 38.1 Å². The normalized spacial score (nSPS) is 16.8. The number of nitrogens with one attached hydrogen (secondary N) is 2. The molecule has 13 heteroatoms. The first-order chi connectivity index (χ1) is 16.0. The summed E-state index contributed by atoms with van der Waals surface area (Å²) in [5.74, 6) is -0.662. The van der Waals surface area contributed by atoms with E-state index in [0.29, 0.717) is 43.9 Å². The van der Waals surface area contributed by atoms with Crippen LogP contribution in [0.5, 0.6) is 0 Å². The largest absolute Gasteiger partial charge is 0.416 e. The molecule has 0 aliphatic carbocycles. The summed E-state index contributed by atoms with van der Waals surface area (Å²) in [5.41, 5.74) is 1.39. The van der Waals surface area contributed by atoms with Crippen molar-refractivity contribution in [3.8, 4) is 0 Å². The van der Waals surface area contributed by atoms with Crippen LogP contribution in [0.4, 0.5) is 32.0 Å². The van der Waals surface area contributed by atoms with Crippen LogP contribution in [0.2, 0.25) is 0 Å². The number of piperazine rings is 1. The Labute approximate surface area is 192 Å². The Morgan fingerprint density at radius 2 is 1.53 bits per heavy atom. The van der Waals surface area contributed by atoms with E-state index in [1.807, 2.05) is 4.90 Å². The van der Waals surface area contributed by atoms with Crippen molar-refractivity contribution in [2.45, 2.75) is 31.7 Å². The minimum atomic E-state index is -5.00. The molecular formula is C21H24F6N6O. The molecule has 34 heavy (non-hydrogen) atoms. The average Bonchev–Trinajstić information content (AvgIpc) is 2.78. The first-order valence-electron chi connectivity index (χ1n) is 10.6. The molecule has 2 N–H and O–H groups in total. The van der Waals surface area contributed by atoms with Gasteiger partial charge in [-0.25, -0.2) is 9.97 Å². The van der Waals surface area contributed by atoms with Crippen LogP contribution in [0, 0.1) is 0 Å². The van der Waals surface area contributed by atoms with Gasteiger partial charge in [0.15, 0.2) is 0 Å². The summed E-state index contributed by atoms with van der Waals surface area (Å²) in [7, 11) is 0. The summed E-state index contributed by atoms with van der Waals surface area (Å²) < 4.78 is 78.6. The zero-order chi connectivity index (χ0) is 24.9. The van der Waals surface area contributed by atoms with Crippen LogP contribution >= 0.6 is 0 Å². The number of aromatic nitrogens is 2. The number of hydrogen-bond donors (Lipinski definition) is 2. The Morgan fingerprint density at radius 3 is 2.03 bits per heavy atom. The van der Waals surface area contributed by atoms with Gasteiger partial charge in [-0.2, -0.15) is 26.3 Å². The number of hydrazine groups is 1. The van der Waals surface area contributed by atoms with Gasteiger partial charge in [0.25, 0.3) is 5.91 Å². The molecule has 1 aliphatic heterocycles. The fraction of sp³-hybridized carbons (Fsp3) is 0.476. The summed E-state index contributed by atoms with van der Waals surface area (Å²) in [4.78, 5) is 25.0. The predicted molar refractivity (Wildman–Crippen MR) is 111 cm³/mol. The first-order valence-corrected chi connectivity index (χ1v) is 10.6. The van der Waals surface area contributed by atoms with E-state index < -0.39 is 41.1 Å². The highest BCUT2D eigenvalue weighted by atomic mass is 19.4. The maximum absolute atomic E-state index is 13.1. The number of hydrogen-bond acceptors (Lipinski definition) is 6. The molecule has 1 aromatic carbocycles. The lowest BCUT2D eigenvalue weighted by Gasteiger charge is -2.38. The zero-order valence-corrected chi connectivity index (χ0v) is 18.2. The number of amides is 1. The molecule has 1 atom stereocenters. The molecule has 0 spiro atoms. The van der Waals surface area contributed by atoms with Crippen LogP contribution in [0.1, 0.15) is 36.1 Å². The van der Waals surface area contributed by atoms with Crippen molar-refractivity contribution in [3.63, 3.8) is 0 Å². The van der Waals surface area contributed by atoms with Crippen molar-refractivity contribution >= 4 is 11.6 Å². The molecule has 0 saturated carbocycles. The third-order valence-electron chi connectivity index (χ3n) is 5.37. The monoisotopic (exact) mass is 490 g/mol. The maximum Gasteiger partial charge on any atom is 0.416 e. The van der Waals surface area contributed by atoms with Crippen LogP contribution in [0.15, 0.2) is 36.9 Å². The molecule has 1 saturated heterocycles. The number of nitrogens with zero attached hydrogens (tertiary/aromatic N) is 4. The first kappa shape index (κ1) is 25.7. The van der Waals surface area contributed by atoms with Gasteiger partial charge in [0.1, 0.15) is 12.4 Å². The SMILES string of the molecule is CCCN1CCN(C(C(=O)NNc2cc(C(F)(F)F)cc(C(F)(F)F)c2)c2cncnc2)CC1. The molecule has 0 radical (unpaired) electrons. The molecule has 1 fully saturated rings. The highest BCUT2D eigenvalue weighted by Crippen LogP contribution is 2.37. The van der Waals surface area contributed by atoms with Crippen LogP contribution in [-0.4, -0.2) is 58.4 Å². The van der Waals surface area contributed by atoms with E-state index in [2.05, 4.69) is 32.6 Å². The number of carbonyl (C=O) groups is 1. The molecule has 7 nitrogen and oxygen atoms in total. The van der Waals surface area contributed by atoms with Crippen molar-refractivity contribution in [2.24, 2.45) is 0 Å². The van der Waals surface area contributed by atoms with Gasteiger partial charge in [0.2, 0.25) is 0 Å². The van der Waals surface area contributed by atoms with Gasteiger partial charge in [-0.15, -0.1) is 0 Å². The standard InChI is InChI=1S/C21H24F6N6O/c1-2-3-32-4-6-33(7-5-32)18(14-11-28-13-29-12-14)19(34)31-30-17-9-15(20(22,23)24)8-16(10-17)21(25,26)27/h8-13,18,30H,2-7H2,1H3,(H,31,34). The Bertz CT molecular complexity index is 928. The third kappa shape index (κ3) is 6.56. The van der Waals surface area contributed by atoms with Gasteiger partial charge in [-0.3, -0.25) is 20.5 Å². The molecule has 1 amide bonds. The molecule has 1 aliphatic rings. The number of halogens is 6. The lowest BCUT2D eigenvalue weighted by atomic mass is 10.1. The van der Waals surface area contributed by atoms with Crippen molar-refractivity contribution < 1.29 is 31.1 Å². The number of benzene rings is 1. The number of anilines is 1. The van der Waals surface area contributed by atoms with Crippen LogP contribution in [-0.2, 0) is 17.1 Å². The summed E-state index contributed by atoms with van der Waals surface area (Å²) in [6.45, 7) is 5.47. The van der Waals surface area contributed by atoms with Crippen LogP contribution in [0.25, 0.3) is 0 Å². The minimum absolute atomic E-state index is 0.0207. The average molecular weight is 490 g/mol. The quantitative estimate of drug-likeness (QED) is 0.455. The van der Waals surface area contributed by atoms with E-state index in [-0.39, 0.29) is 6.07 Å². The smallest absolute Gasteiger partial charge is 0.301 e. The molecule has 186 valence electrons. The molecule has 1 unspecified atom stereocenters. The van der Waals surface area contributed by atoms with E-state index >= 15 is 0 Å². The zero-order valence-electron chi connectivity index (χ0n) is 18.2. The molecule has 2 aromatic rings. The van der Waals surface area contributed by atoms with Gasteiger partial charge in [0, 0.05) is 44.1 Å². The Hall–Kier alpha value is -2.93. The minimum Gasteiger partial charge on any atom is -0.301 e. The number of alkyl halides is 6. The second-order valence-corrected chi connectivity index (χ2v) is 7.86. The predicted octanol–water partition coefficient (Wildman–Crippen LogP) is 3.73. The summed E-state index contributed by atoms with van der Waals surface area (Å²) >= 11 is 0. The highest BCUT2D eigenvalue weighted by molar-refractivity contribution is 5.84. The maximum atomic E-state index is 13.1. The number of rotatable bonds is 7. The van der Waals surface area contributed by atoms with Crippen molar-refractivity contribution in [1.29, 1.82) is 0 Å². The highest BCUT2D eigenvalue weighted by Gasteiger charge is 2.37. The van der Waals surface area contributed by atoms with E-state index in [1.54, 1.807) is 0 Å². The van der Waals surface area contributed by atoms with Crippen molar-refractivity contribution in [1.82, 2.24) is 25.2 Å². The molecule has 1 aromatic heterocycles. The van der Waals surface area contributed by atoms with Gasteiger partial charge in [0.05, 0.1) is 16.8 Å². The topological polar surface area (TPSA) is 73.4 Å². The fourth-order valence-electron chi connectivity index (χ4n) is 3.77. The lowest BCUT2D eigenvalue weighted by Crippen LogP contribution is -2.51. The van der Waals surface area contributed by atoms with E-state index in [9.17, 15) is 31.1 Å². The molecule has 2 heterocycles. The Morgan fingerprint density at radius 1 is 0.971 bits per heavy atom. The summed E-state index contributed by atoms with van der Waals surface area (Å²) in [5, 5.41) is 0.